The minimum absolute atomic E-state index is 0.341. The smallest absolute Gasteiger partial charge is 0.0429 e. The highest BCUT2D eigenvalue weighted by molar-refractivity contribution is 7.99. The summed E-state index contributed by atoms with van der Waals surface area (Å²) in [6.45, 7) is 8.15. The molecule has 2 aliphatic rings. The summed E-state index contributed by atoms with van der Waals surface area (Å²) >= 11 is 2.08. The van der Waals surface area contributed by atoms with E-state index in [0.717, 1.165) is 18.4 Å². The molecular formula is C12H24N2S. The van der Waals surface area contributed by atoms with Crippen LogP contribution in [0, 0.1) is 11.8 Å². The fraction of sp³-hybridized carbons (Fsp3) is 1.00. The summed E-state index contributed by atoms with van der Waals surface area (Å²) in [4.78, 5) is 2.70. The third-order valence-corrected chi connectivity index (χ3v) is 5.24. The summed E-state index contributed by atoms with van der Waals surface area (Å²) in [5.74, 6) is 4.25. The lowest BCUT2D eigenvalue weighted by Gasteiger charge is -2.46. The molecule has 2 aliphatic heterocycles. The molecule has 2 saturated heterocycles. The highest BCUT2D eigenvalue weighted by Crippen LogP contribution is 2.36. The first-order chi connectivity index (χ1) is 7.16. The number of rotatable bonds is 2. The lowest BCUT2D eigenvalue weighted by atomic mass is 9.86. The molecule has 0 aliphatic carbocycles. The third kappa shape index (κ3) is 2.34. The van der Waals surface area contributed by atoms with Crippen LogP contribution in [0.25, 0.3) is 0 Å². The van der Waals surface area contributed by atoms with Gasteiger partial charge in [0, 0.05) is 30.9 Å². The summed E-state index contributed by atoms with van der Waals surface area (Å²) in [6.07, 6.45) is 2.69. The molecule has 88 valence electrons. The Morgan fingerprint density at radius 2 is 2.00 bits per heavy atom. The lowest BCUT2D eigenvalue weighted by molar-refractivity contribution is 0.0444. The van der Waals surface area contributed by atoms with E-state index in [1.165, 1.54) is 37.4 Å². The second-order valence-corrected chi connectivity index (χ2v) is 6.69. The molecule has 0 spiro atoms. The van der Waals surface area contributed by atoms with Gasteiger partial charge in [-0.15, -0.1) is 0 Å². The second kappa shape index (κ2) is 4.64. The Bertz CT molecular complexity index is 204. The number of thioether (sulfide) groups is 1. The van der Waals surface area contributed by atoms with Crippen LogP contribution in [0.3, 0.4) is 0 Å². The zero-order valence-corrected chi connectivity index (χ0v) is 10.9. The van der Waals surface area contributed by atoms with Crippen LogP contribution in [0.4, 0.5) is 0 Å². The zero-order chi connectivity index (χ0) is 10.9. The van der Waals surface area contributed by atoms with Crippen LogP contribution in [-0.2, 0) is 0 Å². The van der Waals surface area contributed by atoms with Crippen molar-refractivity contribution in [3.63, 3.8) is 0 Å². The van der Waals surface area contributed by atoms with Crippen molar-refractivity contribution in [2.24, 2.45) is 17.6 Å². The van der Waals surface area contributed by atoms with Gasteiger partial charge in [-0.25, -0.2) is 0 Å². The van der Waals surface area contributed by atoms with Crippen LogP contribution in [-0.4, -0.2) is 41.6 Å². The highest BCUT2D eigenvalue weighted by Gasteiger charge is 2.41. The normalized spacial score (nSPS) is 43.4. The molecule has 0 aromatic heterocycles. The Hall–Kier alpha value is 0.270. The first kappa shape index (κ1) is 11.7. The van der Waals surface area contributed by atoms with Crippen molar-refractivity contribution in [3.05, 3.63) is 0 Å². The maximum absolute atomic E-state index is 6.04. The molecule has 0 radical (unpaired) electrons. The lowest BCUT2D eigenvalue weighted by Crippen LogP contribution is -2.58. The molecule has 2 heterocycles. The van der Waals surface area contributed by atoms with Crippen LogP contribution in [0.5, 0.6) is 0 Å². The van der Waals surface area contributed by atoms with E-state index in [9.17, 15) is 0 Å². The third-order valence-electron chi connectivity index (χ3n) is 4.00. The predicted molar refractivity (Wildman–Crippen MR) is 68.2 cm³/mol. The maximum atomic E-state index is 6.04. The number of nitrogens with two attached hydrogens (primary N) is 1. The topological polar surface area (TPSA) is 29.3 Å². The van der Waals surface area contributed by atoms with Crippen molar-refractivity contribution in [2.45, 2.75) is 32.2 Å². The van der Waals surface area contributed by atoms with Crippen molar-refractivity contribution in [1.82, 2.24) is 4.90 Å². The number of hydrogen-bond acceptors (Lipinski definition) is 3. The summed E-state index contributed by atoms with van der Waals surface area (Å²) in [5.41, 5.74) is 6.38. The van der Waals surface area contributed by atoms with Crippen molar-refractivity contribution in [1.29, 1.82) is 0 Å². The molecule has 0 aromatic carbocycles. The molecule has 0 bridgehead atoms. The Morgan fingerprint density at radius 1 is 1.33 bits per heavy atom. The van der Waals surface area contributed by atoms with E-state index in [1.54, 1.807) is 0 Å². The Kier molecular flexibility index (Phi) is 3.63. The highest BCUT2D eigenvalue weighted by atomic mass is 32.2. The second-order valence-electron chi connectivity index (χ2n) is 5.58. The summed E-state index contributed by atoms with van der Waals surface area (Å²) in [5, 5.41) is 0. The van der Waals surface area contributed by atoms with Gasteiger partial charge < -0.3 is 5.73 Å². The van der Waals surface area contributed by atoms with Gasteiger partial charge in [0.25, 0.3) is 0 Å². The molecule has 0 aromatic rings. The molecule has 0 amide bonds. The number of hydrogen-bond donors (Lipinski definition) is 1. The van der Waals surface area contributed by atoms with E-state index in [2.05, 4.69) is 30.5 Å². The van der Waals surface area contributed by atoms with Gasteiger partial charge in [0.2, 0.25) is 0 Å². The molecule has 15 heavy (non-hydrogen) atoms. The van der Waals surface area contributed by atoms with E-state index in [1.807, 2.05) is 0 Å². The average Bonchev–Trinajstić information content (AvgIpc) is 2.65. The fourth-order valence-corrected chi connectivity index (χ4v) is 4.68. The van der Waals surface area contributed by atoms with E-state index < -0.39 is 0 Å². The largest absolute Gasteiger partial charge is 0.329 e. The SMILES string of the molecule is CC1CC(C)CN(C2(CN)CCSC2)C1. The van der Waals surface area contributed by atoms with Gasteiger partial charge in [0.1, 0.15) is 0 Å². The molecule has 3 atom stereocenters. The van der Waals surface area contributed by atoms with Crippen molar-refractivity contribution in [2.75, 3.05) is 31.1 Å². The van der Waals surface area contributed by atoms with E-state index in [4.69, 9.17) is 5.73 Å². The average molecular weight is 228 g/mol. The first-order valence-electron chi connectivity index (χ1n) is 6.19. The first-order valence-corrected chi connectivity index (χ1v) is 7.34. The van der Waals surface area contributed by atoms with Crippen molar-refractivity contribution < 1.29 is 0 Å². The number of likely N-dealkylation sites (tertiary alicyclic amines) is 1. The van der Waals surface area contributed by atoms with E-state index in [-0.39, 0.29) is 0 Å². The standard InChI is InChI=1S/C12H24N2S/c1-10-5-11(2)7-14(6-10)12(8-13)3-4-15-9-12/h10-11H,3-9,13H2,1-2H3. The molecule has 2 rings (SSSR count). The monoisotopic (exact) mass is 228 g/mol. The molecule has 0 saturated carbocycles. The molecule has 2 N–H and O–H groups in total. The quantitative estimate of drug-likeness (QED) is 0.781. The minimum atomic E-state index is 0.341. The Morgan fingerprint density at radius 3 is 2.47 bits per heavy atom. The van der Waals surface area contributed by atoms with Gasteiger partial charge in [-0.2, -0.15) is 11.8 Å². The van der Waals surface area contributed by atoms with Crippen molar-refractivity contribution in [3.8, 4) is 0 Å². The van der Waals surface area contributed by atoms with Crippen LogP contribution in [0.1, 0.15) is 26.7 Å². The molecular weight excluding hydrogens is 204 g/mol. The Labute approximate surface area is 98.0 Å². The van der Waals surface area contributed by atoms with Gasteiger partial charge >= 0.3 is 0 Å². The minimum Gasteiger partial charge on any atom is -0.329 e. The summed E-state index contributed by atoms with van der Waals surface area (Å²) < 4.78 is 0. The van der Waals surface area contributed by atoms with E-state index >= 15 is 0 Å². The molecule has 2 fully saturated rings. The van der Waals surface area contributed by atoms with E-state index in [0.29, 0.717) is 5.54 Å². The summed E-state index contributed by atoms with van der Waals surface area (Å²) in [6, 6.07) is 0. The predicted octanol–water partition coefficient (Wildman–Crippen LogP) is 1.80. The molecule has 3 heteroatoms. The van der Waals surface area contributed by atoms with Crippen LogP contribution < -0.4 is 5.73 Å². The molecule has 3 unspecified atom stereocenters. The fourth-order valence-electron chi connectivity index (χ4n) is 3.19. The van der Waals surface area contributed by atoms with Crippen molar-refractivity contribution >= 4 is 11.8 Å². The van der Waals surface area contributed by atoms with Gasteiger partial charge in [0.05, 0.1) is 0 Å². The number of piperidine rings is 1. The van der Waals surface area contributed by atoms with Gasteiger partial charge in [-0.3, -0.25) is 4.90 Å². The van der Waals surface area contributed by atoms with Crippen LogP contribution in [0.15, 0.2) is 0 Å². The van der Waals surface area contributed by atoms with Gasteiger partial charge in [-0.05, 0) is 30.4 Å². The maximum Gasteiger partial charge on any atom is 0.0429 e. The van der Waals surface area contributed by atoms with Crippen LogP contribution in [0.2, 0.25) is 0 Å². The van der Waals surface area contributed by atoms with Crippen LogP contribution >= 0.6 is 11.8 Å². The molecule has 2 nitrogen and oxygen atoms in total. The Balaban J connectivity index is 2.07. The zero-order valence-electron chi connectivity index (χ0n) is 10.0. The summed E-state index contributed by atoms with van der Waals surface area (Å²) in [7, 11) is 0. The van der Waals surface area contributed by atoms with Gasteiger partial charge in [0.15, 0.2) is 0 Å². The number of nitrogens with zero attached hydrogens (tertiary/aromatic N) is 1. The van der Waals surface area contributed by atoms with Gasteiger partial charge in [-0.1, -0.05) is 13.8 Å².